The highest BCUT2D eigenvalue weighted by Crippen LogP contribution is 2.50. The summed E-state index contributed by atoms with van der Waals surface area (Å²) in [5, 5.41) is 15.0. The molecule has 0 aliphatic carbocycles. The molecule has 0 atom stereocenters. The Kier molecular flexibility index (Phi) is 18.0. The summed E-state index contributed by atoms with van der Waals surface area (Å²) in [5.41, 5.74) is 33.9. The third-order valence-electron chi connectivity index (χ3n) is 24.4. The molecule has 2 nitrogen and oxygen atoms in total. The first-order valence-corrected chi connectivity index (χ1v) is 41.4. The normalized spacial score (nSPS) is 11.5. The zero-order valence-electron chi connectivity index (χ0n) is 65.9. The van der Waals surface area contributed by atoms with Gasteiger partial charge in [0, 0.05) is 32.9 Å². The Labute approximate surface area is 698 Å². The summed E-state index contributed by atoms with van der Waals surface area (Å²) in [5.74, 6) is 0. The second-order valence-electron chi connectivity index (χ2n) is 31.3. The topological polar surface area (TPSA) is 9.86 Å². The smallest absolute Gasteiger partial charge is 0.0541 e. The lowest BCUT2D eigenvalue weighted by atomic mass is 9.83. The Morgan fingerprint density at radius 1 is 0.100 bits per heavy atom. The van der Waals surface area contributed by atoms with Crippen LogP contribution in [0.2, 0.25) is 0 Å². The minimum Gasteiger partial charge on any atom is -0.309 e. The Balaban J connectivity index is 0.000000145. The second-order valence-corrected chi connectivity index (χ2v) is 31.3. The average Bonchev–Trinajstić information content (AvgIpc) is 1.42. The van der Waals surface area contributed by atoms with Gasteiger partial charge in [0.2, 0.25) is 0 Å². The van der Waals surface area contributed by atoms with Crippen LogP contribution in [0.4, 0.5) is 0 Å². The van der Waals surface area contributed by atoms with Crippen molar-refractivity contribution in [1.82, 2.24) is 9.13 Å². The molecule has 0 aliphatic heterocycles. The third-order valence-corrected chi connectivity index (χ3v) is 24.4. The first kappa shape index (κ1) is 70.9. The van der Waals surface area contributed by atoms with E-state index in [-0.39, 0.29) is 0 Å². The molecule has 2 aromatic heterocycles. The summed E-state index contributed by atoms with van der Waals surface area (Å²) in [6.07, 6.45) is 0. The fourth-order valence-corrected chi connectivity index (χ4v) is 18.7. The largest absolute Gasteiger partial charge is 0.309 e. The number of fused-ring (bicyclic) bond motifs is 10. The van der Waals surface area contributed by atoms with E-state index in [1.54, 1.807) is 0 Å². The van der Waals surface area contributed by atoms with Crippen LogP contribution in [0.5, 0.6) is 0 Å². The van der Waals surface area contributed by atoms with Gasteiger partial charge in [0.15, 0.2) is 0 Å². The van der Waals surface area contributed by atoms with E-state index < -0.39 is 0 Å². The molecule has 2 heteroatoms. The molecule has 0 saturated heterocycles. The number of benzene rings is 21. The quantitative estimate of drug-likeness (QED) is 0.102. The zero-order valence-corrected chi connectivity index (χ0v) is 65.9. The lowest BCUT2D eigenvalue weighted by Crippen LogP contribution is -1.93. The molecule has 0 aliphatic rings. The standard InChI is InChI=1S/C62H41N.C56H37N/c1-5-15-42(16-6-1)45-25-29-47(30-26-45)61-54-36-33-50(44-19-9-3-10-20-44)41-58(54)62(55-37-34-49(40-57(55)61)43-17-7-2-8-18-43)48-31-27-46(28-32-48)51-35-38-60-56(39-51)53-23-13-14-24-59(53)63(60)52-21-11-4-12-22-52;1-5-15-38(16-6-1)43-30-33-49-51(36-43)55(41-19-9-3-10-20-41)48-32-29-44(39-17-7-2-8-18-39)37-52(48)56(49)42-27-25-40(26-28-42)45-31-34-54-50(35-45)47-23-13-14-24-53(47)57(54)46-21-11-4-12-22-46/h1-41H;1-37H. The molecule has 23 rings (SSSR count). The summed E-state index contributed by atoms with van der Waals surface area (Å²) in [6, 6.07) is 173. The average molecular weight is 1520 g/mol. The fraction of sp³-hybridized carbons (Fsp3) is 0. The van der Waals surface area contributed by atoms with Crippen LogP contribution in [-0.4, -0.2) is 9.13 Å². The molecule has 120 heavy (non-hydrogen) atoms. The highest BCUT2D eigenvalue weighted by Gasteiger charge is 2.24. The predicted molar refractivity (Wildman–Crippen MR) is 511 cm³/mol. The summed E-state index contributed by atoms with van der Waals surface area (Å²) in [7, 11) is 0. The molecule has 23 aromatic rings. The van der Waals surface area contributed by atoms with Crippen LogP contribution in [0.1, 0.15) is 0 Å². The maximum Gasteiger partial charge on any atom is 0.0541 e. The van der Waals surface area contributed by atoms with Crippen molar-refractivity contribution in [1.29, 1.82) is 0 Å². The Morgan fingerprint density at radius 2 is 0.275 bits per heavy atom. The van der Waals surface area contributed by atoms with Gasteiger partial charge < -0.3 is 9.13 Å². The SMILES string of the molecule is c1ccc(-c2ccc(-c3c4ccc(-c5ccccc5)cc4c(-c4ccc(-c5ccc6c(c5)c5ccccc5n6-c5ccccc5)cc4)c4ccc(-c5ccccc5)cc34)cc2)cc1.c1ccc(-c2ccc3c(-c4ccc(-c5ccc6c(c5)c5ccccc5n6-c5ccccc5)cc4)c4cc(-c5ccccc5)ccc4c(-c4ccccc4)c3c2)cc1. The lowest BCUT2D eigenvalue weighted by molar-refractivity contribution is 1.18. The molecular weight excluding hydrogens is 1450 g/mol. The molecular formula is C118H78N2. The number of hydrogen-bond acceptors (Lipinski definition) is 0. The monoisotopic (exact) mass is 1520 g/mol. The molecule has 560 valence electrons. The van der Waals surface area contributed by atoms with E-state index in [1.165, 1.54) is 220 Å². The van der Waals surface area contributed by atoms with Crippen molar-refractivity contribution in [2.45, 2.75) is 0 Å². The maximum atomic E-state index is 2.41. The molecule has 0 unspecified atom stereocenters. The van der Waals surface area contributed by atoms with Crippen LogP contribution in [0.25, 0.3) is 220 Å². The fourth-order valence-electron chi connectivity index (χ4n) is 18.7. The molecule has 0 spiro atoms. The lowest BCUT2D eigenvalue weighted by Gasteiger charge is -2.20. The van der Waals surface area contributed by atoms with Crippen LogP contribution in [-0.2, 0) is 0 Å². The highest BCUT2D eigenvalue weighted by atomic mass is 15.0. The maximum absolute atomic E-state index is 2.41. The van der Waals surface area contributed by atoms with Crippen LogP contribution in [0.3, 0.4) is 0 Å². The van der Waals surface area contributed by atoms with Gasteiger partial charge in [0.25, 0.3) is 0 Å². The van der Waals surface area contributed by atoms with Crippen molar-refractivity contribution in [3.63, 3.8) is 0 Å². The van der Waals surface area contributed by atoms with Gasteiger partial charge in [-0.25, -0.2) is 0 Å². The molecule has 0 amide bonds. The minimum absolute atomic E-state index is 1.17. The van der Waals surface area contributed by atoms with Crippen molar-refractivity contribution in [3.8, 4) is 134 Å². The molecule has 2 heterocycles. The van der Waals surface area contributed by atoms with Crippen LogP contribution >= 0.6 is 0 Å². The number of rotatable bonds is 13. The Morgan fingerprint density at radius 3 is 0.558 bits per heavy atom. The van der Waals surface area contributed by atoms with E-state index in [0.29, 0.717) is 0 Å². The molecule has 0 radical (unpaired) electrons. The zero-order chi connectivity index (χ0) is 79.4. The molecule has 0 fully saturated rings. The predicted octanol–water partition coefficient (Wildman–Crippen LogP) is 32.5. The van der Waals surface area contributed by atoms with Gasteiger partial charge in [0.05, 0.1) is 22.1 Å². The Bertz CT molecular complexity index is 7770. The van der Waals surface area contributed by atoms with Gasteiger partial charge >= 0.3 is 0 Å². The first-order valence-electron chi connectivity index (χ1n) is 41.4. The Hall–Kier alpha value is -15.7. The van der Waals surface area contributed by atoms with Gasteiger partial charge in [-0.15, -0.1) is 0 Å². The number of para-hydroxylation sites is 4. The summed E-state index contributed by atoms with van der Waals surface area (Å²) >= 11 is 0. The highest BCUT2D eigenvalue weighted by molar-refractivity contribution is 6.25. The van der Waals surface area contributed by atoms with Crippen LogP contribution < -0.4 is 0 Å². The summed E-state index contributed by atoms with van der Waals surface area (Å²) < 4.78 is 4.75. The van der Waals surface area contributed by atoms with E-state index >= 15 is 0 Å². The number of nitrogens with zero attached hydrogens (tertiary/aromatic N) is 2. The van der Waals surface area contributed by atoms with Gasteiger partial charge in [-0.1, -0.05) is 388 Å². The molecule has 0 saturated carbocycles. The van der Waals surface area contributed by atoms with Crippen molar-refractivity contribution >= 4 is 86.7 Å². The summed E-state index contributed by atoms with van der Waals surface area (Å²) in [4.78, 5) is 0. The van der Waals surface area contributed by atoms with Gasteiger partial charge in [-0.2, -0.15) is 0 Å². The van der Waals surface area contributed by atoms with Crippen molar-refractivity contribution < 1.29 is 0 Å². The van der Waals surface area contributed by atoms with E-state index in [2.05, 4.69) is 482 Å². The van der Waals surface area contributed by atoms with Crippen molar-refractivity contribution in [2.75, 3.05) is 0 Å². The minimum atomic E-state index is 1.17. The first-order chi connectivity index (χ1) is 59.5. The summed E-state index contributed by atoms with van der Waals surface area (Å²) in [6.45, 7) is 0. The van der Waals surface area contributed by atoms with E-state index in [4.69, 9.17) is 0 Å². The van der Waals surface area contributed by atoms with Crippen LogP contribution in [0.15, 0.2) is 473 Å². The number of hydrogen-bond donors (Lipinski definition) is 0. The van der Waals surface area contributed by atoms with Gasteiger partial charge in [-0.3, -0.25) is 0 Å². The van der Waals surface area contributed by atoms with E-state index in [1.807, 2.05) is 0 Å². The molecule has 21 aromatic carbocycles. The van der Waals surface area contributed by atoms with E-state index in [0.717, 1.165) is 0 Å². The van der Waals surface area contributed by atoms with E-state index in [9.17, 15) is 0 Å². The van der Waals surface area contributed by atoms with Crippen LogP contribution in [0, 0.1) is 0 Å². The molecule has 0 bridgehead atoms. The second kappa shape index (κ2) is 30.5. The van der Waals surface area contributed by atoms with Crippen molar-refractivity contribution in [3.05, 3.63) is 473 Å². The third kappa shape index (κ3) is 12.8. The van der Waals surface area contributed by atoms with Gasteiger partial charge in [-0.05, 0) is 250 Å². The number of aromatic nitrogens is 2. The van der Waals surface area contributed by atoms with Gasteiger partial charge in [0.1, 0.15) is 0 Å². The van der Waals surface area contributed by atoms with Crippen molar-refractivity contribution in [2.24, 2.45) is 0 Å². The molecule has 0 N–H and O–H groups in total.